The Bertz CT molecular complexity index is 988. The Balaban J connectivity index is 2.09. The molecule has 2 aromatic rings. The Morgan fingerprint density at radius 2 is 1.86 bits per heavy atom. The normalized spacial score (nSPS) is 16.6. The first kappa shape index (κ1) is 20.0. The summed E-state index contributed by atoms with van der Waals surface area (Å²) in [5, 5.41) is 4.44. The van der Waals surface area contributed by atoms with Gasteiger partial charge in [0.05, 0.1) is 38.8 Å². The van der Waals surface area contributed by atoms with Crippen LogP contribution < -0.4 is 14.2 Å². The average molecular weight is 404 g/mol. The number of hydrazone groups is 1. The van der Waals surface area contributed by atoms with Crippen LogP contribution >= 0.6 is 0 Å². The van der Waals surface area contributed by atoms with Crippen LogP contribution in [0.3, 0.4) is 0 Å². The molecule has 2 aromatic carbocycles. The van der Waals surface area contributed by atoms with Gasteiger partial charge in [0.2, 0.25) is 10.0 Å². The highest BCUT2D eigenvalue weighted by atomic mass is 32.2. The Morgan fingerprint density at radius 1 is 1.11 bits per heavy atom. The van der Waals surface area contributed by atoms with E-state index in [1.165, 1.54) is 0 Å². The highest BCUT2D eigenvalue weighted by Crippen LogP contribution is 2.40. The highest BCUT2D eigenvalue weighted by Gasteiger charge is 2.37. The van der Waals surface area contributed by atoms with Crippen molar-refractivity contribution in [3.05, 3.63) is 53.6 Å². The predicted molar refractivity (Wildman–Crippen MR) is 108 cm³/mol. The minimum atomic E-state index is -3.59. The second kappa shape index (κ2) is 8.10. The van der Waals surface area contributed by atoms with Gasteiger partial charge in [-0.15, -0.1) is 0 Å². The summed E-state index contributed by atoms with van der Waals surface area (Å²) in [6, 6.07) is 12.3. The van der Waals surface area contributed by atoms with Gasteiger partial charge in [0.15, 0.2) is 0 Å². The van der Waals surface area contributed by atoms with Crippen LogP contribution in [0.1, 0.15) is 30.5 Å². The lowest BCUT2D eigenvalue weighted by atomic mass is 9.97. The molecule has 0 saturated carbocycles. The molecule has 8 heteroatoms. The molecular weight excluding hydrogens is 380 g/mol. The Hall–Kier alpha value is -2.74. The van der Waals surface area contributed by atoms with Crippen LogP contribution in [-0.2, 0) is 10.0 Å². The van der Waals surface area contributed by atoms with E-state index in [9.17, 15) is 8.42 Å². The number of nitrogens with zero attached hydrogens (tertiary/aromatic N) is 2. The first-order chi connectivity index (χ1) is 13.4. The third kappa shape index (κ3) is 3.91. The number of sulfonamides is 1. The third-order valence-electron chi connectivity index (χ3n) is 4.51. The lowest BCUT2D eigenvalue weighted by molar-refractivity contribution is 0.317. The summed E-state index contributed by atoms with van der Waals surface area (Å²) in [6.07, 6.45) is 1.54. The van der Waals surface area contributed by atoms with Crippen LogP contribution in [0.25, 0.3) is 0 Å². The van der Waals surface area contributed by atoms with Crippen LogP contribution in [0.4, 0.5) is 0 Å². The van der Waals surface area contributed by atoms with Crippen molar-refractivity contribution in [3.63, 3.8) is 0 Å². The van der Waals surface area contributed by atoms with Gasteiger partial charge in [0.1, 0.15) is 17.2 Å². The number of para-hydroxylation sites is 1. The van der Waals surface area contributed by atoms with Gasteiger partial charge < -0.3 is 14.2 Å². The van der Waals surface area contributed by atoms with Crippen molar-refractivity contribution >= 4 is 15.7 Å². The Morgan fingerprint density at radius 3 is 2.50 bits per heavy atom. The summed E-state index contributed by atoms with van der Waals surface area (Å²) in [5.74, 6) is 1.90. The SMILES string of the molecule is CCOc1ccccc1[C@@H]1CC(c2cc(OC)ccc2OC)=NN1S(C)(=O)=O. The zero-order chi connectivity index (χ0) is 20.3. The number of hydrogen-bond acceptors (Lipinski definition) is 6. The molecule has 1 atom stereocenters. The van der Waals surface area contributed by atoms with Crippen molar-refractivity contribution < 1.29 is 22.6 Å². The predicted octanol–water partition coefficient (Wildman–Crippen LogP) is 3.21. The molecule has 0 radical (unpaired) electrons. The van der Waals surface area contributed by atoms with Gasteiger partial charge in [0.25, 0.3) is 0 Å². The molecule has 0 N–H and O–H groups in total. The number of benzene rings is 2. The summed E-state index contributed by atoms with van der Waals surface area (Å²) < 4.78 is 42.6. The van der Waals surface area contributed by atoms with E-state index >= 15 is 0 Å². The van der Waals surface area contributed by atoms with E-state index < -0.39 is 16.1 Å². The quantitative estimate of drug-likeness (QED) is 0.708. The average Bonchev–Trinajstić information content (AvgIpc) is 3.14. The minimum absolute atomic E-state index is 0.390. The van der Waals surface area contributed by atoms with Crippen LogP contribution in [0.5, 0.6) is 17.2 Å². The van der Waals surface area contributed by atoms with E-state index in [1.54, 1.807) is 32.4 Å². The van der Waals surface area contributed by atoms with Gasteiger partial charge in [-0.2, -0.15) is 9.52 Å². The van der Waals surface area contributed by atoms with Crippen molar-refractivity contribution in [1.29, 1.82) is 0 Å². The van der Waals surface area contributed by atoms with Crippen molar-refractivity contribution in [2.45, 2.75) is 19.4 Å². The zero-order valence-corrected chi connectivity index (χ0v) is 17.2. The lowest BCUT2D eigenvalue weighted by Gasteiger charge is -2.23. The molecule has 150 valence electrons. The Kier molecular flexibility index (Phi) is 5.79. The van der Waals surface area contributed by atoms with Crippen molar-refractivity contribution in [1.82, 2.24) is 4.41 Å². The first-order valence-corrected chi connectivity index (χ1v) is 10.7. The fourth-order valence-corrected chi connectivity index (χ4v) is 4.17. The zero-order valence-electron chi connectivity index (χ0n) is 16.4. The largest absolute Gasteiger partial charge is 0.497 e. The summed E-state index contributed by atoms with van der Waals surface area (Å²) in [5.41, 5.74) is 2.08. The molecule has 28 heavy (non-hydrogen) atoms. The molecule has 0 unspecified atom stereocenters. The molecule has 0 bridgehead atoms. The molecule has 0 amide bonds. The van der Waals surface area contributed by atoms with Crippen molar-refractivity contribution in [3.8, 4) is 17.2 Å². The lowest BCUT2D eigenvalue weighted by Crippen LogP contribution is -2.26. The topological polar surface area (TPSA) is 77.4 Å². The summed E-state index contributed by atoms with van der Waals surface area (Å²) in [4.78, 5) is 0. The van der Waals surface area contributed by atoms with E-state index in [1.807, 2.05) is 31.2 Å². The number of ether oxygens (including phenoxy) is 3. The van der Waals surface area contributed by atoms with Gasteiger partial charge in [-0.3, -0.25) is 0 Å². The van der Waals surface area contributed by atoms with E-state index in [-0.39, 0.29) is 0 Å². The maximum Gasteiger partial charge on any atom is 0.247 e. The number of hydrogen-bond donors (Lipinski definition) is 0. The van der Waals surface area contributed by atoms with E-state index in [2.05, 4.69) is 5.10 Å². The summed E-state index contributed by atoms with van der Waals surface area (Å²) >= 11 is 0. The molecule has 1 aliphatic rings. The first-order valence-electron chi connectivity index (χ1n) is 8.90. The molecular formula is C20H24N2O5S. The van der Waals surface area contributed by atoms with Gasteiger partial charge in [-0.05, 0) is 31.2 Å². The Labute approximate surface area is 165 Å². The van der Waals surface area contributed by atoms with Gasteiger partial charge >= 0.3 is 0 Å². The molecule has 1 aliphatic heterocycles. The molecule has 0 saturated heterocycles. The molecule has 3 rings (SSSR count). The summed E-state index contributed by atoms with van der Waals surface area (Å²) in [6.45, 7) is 2.38. The monoisotopic (exact) mass is 404 g/mol. The number of methoxy groups -OCH3 is 2. The van der Waals surface area contributed by atoms with E-state index in [4.69, 9.17) is 14.2 Å². The third-order valence-corrected chi connectivity index (χ3v) is 5.52. The smallest absolute Gasteiger partial charge is 0.247 e. The van der Waals surface area contributed by atoms with E-state index in [0.29, 0.717) is 41.6 Å². The van der Waals surface area contributed by atoms with Crippen LogP contribution in [-0.4, -0.2) is 45.6 Å². The number of rotatable bonds is 7. The maximum absolute atomic E-state index is 12.5. The van der Waals surface area contributed by atoms with Crippen molar-refractivity contribution in [2.24, 2.45) is 5.10 Å². The van der Waals surface area contributed by atoms with Gasteiger partial charge in [0, 0.05) is 17.5 Å². The molecule has 7 nitrogen and oxygen atoms in total. The maximum atomic E-state index is 12.5. The second-order valence-electron chi connectivity index (χ2n) is 6.34. The van der Waals surface area contributed by atoms with Gasteiger partial charge in [-0.25, -0.2) is 8.42 Å². The second-order valence-corrected chi connectivity index (χ2v) is 8.18. The van der Waals surface area contributed by atoms with Crippen LogP contribution in [0.2, 0.25) is 0 Å². The van der Waals surface area contributed by atoms with Crippen molar-refractivity contribution in [2.75, 3.05) is 27.1 Å². The molecule has 0 aromatic heterocycles. The van der Waals surface area contributed by atoms with Gasteiger partial charge in [-0.1, -0.05) is 18.2 Å². The standard InChI is InChI=1S/C20H24N2O5S/c1-5-27-20-9-7-6-8-15(20)18-13-17(21-22(18)28(4,23)24)16-12-14(25-2)10-11-19(16)26-3/h6-12,18H,5,13H2,1-4H3/t18-/m0/s1. The highest BCUT2D eigenvalue weighted by molar-refractivity contribution is 7.88. The molecule has 0 aliphatic carbocycles. The fourth-order valence-electron chi connectivity index (χ4n) is 3.27. The van der Waals surface area contributed by atoms with Crippen LogP contribution in [0, 0.1) is 0 Å². The fraction of sp³-hybridized carbons (Fsp3) is 0.350. The van der Waals surface area contributed by atoms with E-state index in [0.717, 1.165) is 16.2 Å². The molecule has 1 heterocycles. The minimum Gasteiger partial charge on any atom is -0.497 e. The summed E-state index contributed by atoms with van der Waals surface area (Å²) in [7, 11) is -0.448. The molecule has 0 spiro atoms. The molecule has 0 fully saturated rings. The van der Waals surface area contributed by atoms with Crippen LogP contribution in [0.15, 0.2) is 47.6 Å².